The first-order valence-corrected chi connectivity index (χ1v) is 4.45. The molecule has 0 radical (unpaired) electrons. The number of aliphatic hydroxyl groups is 1. The van der Waals surface area contributed by atoms with Crippen LogP contribution in [0.25, 0.3) is 0 Å². The summed E-state index contributed by atoms with van der Waals surface area (Å²) in [6.07, 6.45) is 4.54. The number of hydrogen-bond donors (Lipinski definition) is 1. The SMILES string of the molecule is CCCC(O)c1ccncc1OC. The van der Waals surface area contributed by atoms with Gasteiger partial charge in [0, 0.05) is 11.8 Å². The van der Waals surface area contributed by atoms with Crippen molar-refractivity contribution in [1.29, 1.82) is 0 Å². The molecule has 0 bridgehead atoms. The molecule has 0 aliphatic heterocycles. The normalized spacial score (nSPS) is 12.5. The van der Waals surface area contributed by atoms with Crippen LogP contribution in [0, 0.1) is 0 Å². The summed E-state index contributed by atoms with van der Waals surface area (Å²) >= 11 is 0. The summed E-state index contributed by atoms with van der Waals surface area (Å²) in [5, 5.41) is 9.72. The standard InChI is InChI=1S/C10H15NO2/c1-3-4-9(12)8-5-6-11-7-10(8)13-2/h5-7,9,12H,3-4H2,1-2H3. The van der Waals surface area contributed by atoms with Crippen molar-refractivity contribution in [1.82, 2.24) is 4.98 Å². The lowest BCUT2D eigenvalue weighted by atomic mass is 10.1. The number of aromatic nitrogens is 1. The predicted molar refractivity (Wildman–Crippen MR) is 50.7 cm³/mol. The summed E-state index contributed by atoms with van der Waals surface area (Å²) < 4.78 is 5.09. The molecular weight excluding hydrogens is 166 g/mol. The second-order valence-electron chi connectivity index (χ2n) is 2.92. The van der Waals surface area contributed by atoms with Gasteiger partial charge in [0.2, 0.25) is 0 Å². The zero-order valence-corrected chi connectivity index (χ0v) is 8.03. The van der Waals surface area contributed by atoms with E-state index in [2.05, 4.69) is 4.98 Å². The van der Waals surface area contributed by atoms with E-state index in [-0.39, 0.29) is 0 Å². The van der Waals surface area contributed by atoms with Crippen LogP contribution in [0.4, 0.5) is 0 Å². The van der Waals surface area contributed by atoms with Crippen molar-refractivity contribution < 1.29 is 9.84 Å². The highest BCUT2D eigenvalue weighted by Gasteiger charge is 2.11. The van der Waals surface area contributed by atoms with Gasteiger partial charge in [-0.05, 0) is 12.5 Å². The smallest absolute Gasteiger partial charge is 0.142 e. The highest BCUT2D eigenvalue weighted by atomic mass is 16.5. The Balaban J connectivity index is 2.85. The number of ether oxygens (including phenoxy) is 1. The zero-order valence-electron chi connectivity index (χ0n) is 8.03. The lowest BCUT2D eigenvalue weighted by Crippen LogP contribution is -2.00. The van der Waals surface area contributed by atoms with E-state index in [0.717, 1.165) is 18.4 Å². The maximum atomic E-state index is 9.72. The third-order valence-corrected chi connectivity index (χ3v) is 1.96. The van der Waals surface area contributed by atoms with E-state index in [1.165, 1.54) is 0 Å². The average molecular weight is 181 g/mol. The van der Waals surface area contributed by atoms with Crippen LogP contribution in [0.5, 0.6) is 5.75 Å². The van der Waals surface area contributed by atoms with Gasteiger partial charge in [-0.3, -0.25) is 4.98 Å². The Hall–Kier alpha value is -1.09. The highest BCUT2D eigenvalue weighted by molar-refractivity contribution is 5.31. The Bertz CT molecular complexity index is 263. The molecule has 1 unspecified atom stereocenters. The Morgan fingerprint density at radius 1 is 1.62 bits per heavy atom. The molecule has 1 aromatic rings. The van der Waals surface area contributed by atoms with Crippen molar-refractivity contribution in [2.24, 2.45) is 0 Å². The minimum absolute atomic E-state index is 0.442. The van der Waals surface area contributed by atoms with Crippen LogP contribution >= 0.6 is 0 Å². The summed E-state index contributed by atoms with van der Waals surface area (Å²) in [7, 11) is 1.58. The lowest BCUT2D eigenvalue weighted by molar-refractivity contribution is 0.162. The monoisotopic (exact) mass is 181 g/mol. The Labute approximate surface area is 78.4 Å². The first-order valence-electron chi connectivity index (χ1n) is 4.45. The number of hydrogen-bond acceptors (Lipinski definition) is 3. The van der Waals surface area contributed by atoms with Crippen LogP contribution in [0.1, 0.15) is 31.4 Å². The molecule has 0 saturated carbocycles. The quantitative estimate of drug-likeness (QED) is 0.771. The molecule has 0 aliphatic carbocycles. The largest absolute Gasteiger partial charge is 0.495 e. The molecule has 0 aliphatic rings. The molecule has 3 nitrogen and oxygen atoms in total. The van der Waals surface area contributed by atoms with Gasteiger partial charge in [-0.25, -0.2) is 0 Å². The summed E-state index contributed by atoms with van der Waals surface area (Å²) in [6.45, 7) is 2.04. The number of nitrogens with zero attached hydrogens (tertiary/aromatic N) is 1. The van der Waals surface area contributed by atoms with Crippen LogP contribution in [0.3, 0.4) is 0 Å². The topological polar surface area (TPSA) is 42.4 Å². The van der Waals surface area contributed by atoms with Gasteiger partial charge in [-0.2, -0.15) is 0 Å². The van der Waals surface area contributed by atoms with Gasteiger partial charge >= 0.3 is 0 Å². The Kier molecular flexibility index (Phi) is 3.71. The van der Waals surface area contributed by atoms with Gasteiger partial charge in [0.05, 0.1) is 19.4 Å². The molecule has 0 aromatic carbocycles. The first kappa shape index (κ1) is 9.99. The molecule has 72 valence electrons. The molecule has 0 spiro atoms. The Morgan fingerprint density at radius 2 is 2.38 bits per heavy atom. The van der Waals surface area contributed by atoms with Crippen molar-refractivity contribution >= 4 is 0 Å². The van der Waals surface area contributed by atoms with E-state index in [0.29, 0.717) is 5.75 Å². The second-order valence-corrected chi connectivity index (χ2v) is 2.92. The van der Waals surface area contributed by atoms with Crippen molar-refractivity contribution in [2.45, 2.75) is 25.9 Å². The molecule has 0 saturated heterocycles. The molecule has 3 heteroatoms. The van der Waals surface area contributed by atoms with Crippen molar-refractivity contribution in [2.75, 3.05) is 7.11 Å². The van der Waals surface area contributed by atoms with E-state index in [1.54, 1.807) is 25.6 Å². The van der Waals surface area contributed by atoms with Gasteiger partial charge < -0.3 is 9.84 Å². The fraction of sp³-hybridized carbons (Fsp3) is 0.500. The minimum Gasteiger partial charge on any atom is -0.495 e. The Morgan fingerprint density at radius 3 is 3.00 bits per heavy atom. The minimum atomic E-state index is -0.442. The summed E-state index contributed by atoms with van der Waals surface area (Å²) in [5.74, 6) is 0.656. The molecule has 13 heavy (non-hydrogen) atoms. The fourth-order valence-electron chi connectivity index (χ4n) is 1.27. The molecule has 1 atom stereocenters. The number of aliphatic hydroxyl groups excluding tert-OH is 1. The van der Waals surface area contributed by atoms with Crippen molar-refractivity contribution in [3.05, 3.63) is 24.0 Å². The van der Waals surface area contributed by atoms with Crippen LogP contribution in [-0.2, 0) is 0 Å². The summed E-state index contributed by atoms with van der Waals surface area (Å²) in [5.41, 5.74) is 0.819. The van der Waals surface area contributed by atoms with Gasteiger partial charge in [-0.15, -0.1) is 0 Å². The van der Waals surface area contributed by atoms with Crippen LogP contribution in [0.15, 0.2) is 18.5 Å². The highest BCUT2D eigenvalue weighted by Crippen LogP contribution is 2.26. The van der Waals surface area contributed by atoms with E-state index < -0.39 is 6.10 Å². The molecule has 1 rings (SSSR count). The predicted octanol–water partition coefficient (Wildman–Crippen LogP) is 1.92. The average Bonchev–Trinajstić information content (AvgIpc) is 2.18. The van der Waals surface area contributed by atoms with Gasteiger partial charge in [0.25, 0.3) is 0 Å². The van der Waals surface area contributed by atoms with Gasteiger partial charge in [0.1, 0.15) is 5.75 Å². The zero-order chi connectivity index (χ0) is 9.68. The van der Waals surface area contributed by atoms with Gasteiger partial charge in [-0.1, -0.05) is 13.3 Å². The fourth-order valence-corrected chi connectivity index (χ4v) is 1.27. The molecule has 0 fully saturated rings. The molecule has 0 amide bonds. The lowest BCUT2D eigenvalue weighted by Gasteiger charge is -2.12. The molecule has 1 heterocycles. The third-order valence-electron chi connectivity index (χ3n) is 1.96. The molecular formula is C10H15NO2. The second kappa shape index (κ2) is 4.82. The van der Waals surface area contributed by atoms with Gasteiger partial charge in [0.15, 0.2) is 0 Å². The van der Waals surface area contributed by atoms with Crippen LogP contribution in [-0.4, -0.2) is 17.2 Å². The van der Waals surface area contributed by atoms with E-state index in [4.69, 9.17) is 4.74 Å². The van der Waals surface area contributed by atoms with E-state index in [1.807, 2.05) is 6.92 Å². The third kappa shape index (κ3) is 2.42. The van der Waals surface area contributed by atoms with E-state index >= 15 is 0 Å². The summed E-state index contributed by atoms with van der Waals surface area (Å²) in [6, 6.07) is 1.79. The molecule has 1 N–H and O–H groups in total. The maximum Gasteiger partial charge on any atom is 0.142 e. The summed E-state index contributed by atoms with van der Waals surface area (Å²) in [4.78, 5) is 3.92. The molecule has 1 aromatic heterocycles. The van der Waals surface area contributed by atoms with Crippen LogP contribution < -0.4 is 4.74 Å². The van der Waals surface area contributed by atoms with Crippen LogP contribution in [0.2, 0.25) is 0 Å². The number of pyridine rings is 1. The number of methoxy groups -OCH3 is 1. The van der Waals surface area contributed by atoms with Crippen molar-refractivity contribution in [3.8, 4) is 5.75 Å². The maximum absolute atomic E-state index is 9.72. The van der Waals surface area contributed by atoms with Crippen molar-refractivity contribution in [3.63, 3.8) is 0 Å². The van der Waals surface area contributed by atoms with E-state index in [9.17, 15) is 5.11 Å². The first-order chi connectivity index (χ1) is 6.29. The number of rotatable bonds is 4.